The van der Waals surface area contributed by atoms with Gasteiger partial charge in [0.25, 0.3) is 5.91 Å². The van der Waals surface area contributed by atoms with Crippen LogP contribution in [0.5, 0.6) is 5.75 Å². The summed E-state index contributed by atoms with van der Waals surface area (Å²) in [7, 11) is 1.55. The summed E-state index contributed by atoms with van der Waals surface area (Å²) in [6.45, 7) is 6.35. The van der Waals surface area contributed by atoms with Crippen LogP contribution in [0.25, 0.3) is 0 Å². The first-order valence-electron chi connectivity index (χ1n) is 13.3. The van der Waals surface area contributed by atoms with Crippen LogP contribution in [0.4, 0.5) is 5.69 Å². The number of imidazole rings is 1. The van der Waals surface area contributed by atoms with Gasteiger partial charge in [0.15, 0.2) is 0 Å². The van der Waals surface area contributed by atoms with Crippen molar-refractivity contribution in [3.63, 3.8) is 0 Å². The molecule has 5 rings (SSSR count). The number of fused-ring (bicyclic) bond motifs is 1. The van der Waals surface area contributed by atoms with Crippen molar-refractivity contribution in [3.8, 4) is 5.75 Å². The van der Waals surface area contributed by atoms with Crippen LogP contribution in [-0.4, -0.2) is 40.1 Å². The second-order valence-electron chi connectivity index (χ2n) is 11.1. The van der Waals surface area contributed by atoms with Crippen molar-refractivity contribution in [1.29, 1.82) is 0 Å². The quantitative estimate of drug-likeness (QED) is 0.311. The Labute approximate surface area is 234 Å². The minimum Gasteiger partial charge on any atom is -0.497 e. The Kier molecular flexibility index (Phi) is 7.45. The lowest BCUT2D eigenvalue weighted by Gasteiger charge is -2.33. The molecule has 8 heteroatoms. The van der Waals surface area contributed by atoms with Crippen molar-refractivity contribution in [1.82, 2.24) is 15.3 Å². The van der Waals surface area contributed by atoms with Gasteiger partial charge in [-0.05, 0) is 51.9 Å². The molecule has 8 nitrogen and oxygen atoms in total. The first-order valence-corrected chi connectivity index (χ1v) is 13.3. The van der Waals surface area contributed by atoms with Gasteiger partial charge in [-0.3, -0.25) is 14.5 Å². The summed E-state index contributed by atoms with van der Waals surface area (Å²) in [5.41, 5.74) is 4.21. The minimum absolute atomic E-state index is 0.0910. The number of nitrogens with zero attached hydrogens (tertiary/aromatic N) is 2. The molecule has 3 atom stereocenters. The number of carbonyl (C=O) groups is 2. The van der Waals surface area contributed by atoms with Gasteiger partial charge in [0, 0.05) is 12.1 Å². The van der Waals surface area contributed by atoms with Crippen LogP contribution in [-0.2, 0) is 16.6 Å². The summed E-state index contributed by atoms with van der Waals surface area (Å²) < 4.78 is 5.46. The van der Waals surface area contributed by atoms with Gasteiger partial charge in [0.1, 0.15) is 17.5 Å². The molecule has 4 aromatic rings. The molecule has 0 spiro atoms. The number of aromatic nitrogens is 2. The highest BCUT2D eigenvalue weighted by Gasteiger charge is 2.38. The molecule has 1 heterocycles. The van der Waals surface area contributed by atoms with Crippen molar-refractivity contribution in [3.05, 3.63) is 113 Å². The second-order valence-corrected chi connectivity index (χ2v) is 11.1. The molecule has 1 aromatic heterocycles. The number of amides is 2. The molecule has 1 unspecified atom stereocenters. The van der Waals surface area contributed by atoms with E-state index in [0.29, 0.717) is 23.4 Å². The van der Waals surface area contributed by atoms with Gasteiger partial charge in [-0.25, -0.2) is 4.98 Å². The maximum Gasteiger partial charge on any atom is 0.277 e. The molecule has 3 N–H and O–H groups in total. The Balaban J connectivity index is 1.62. The lowest BCUT2D eigenvalue weighted by molar-refractivity contribution is -0.124. The Hall–Kier alpha value is -4.43. The summed E-state index contributed by atoms with van der Waals surface area (Å²) in [6, 6.07) is 20.8. The minimum atomic E-state index is -1.08. The Morgan fingerprint density at radius 1 is 1.07 bits per heavy atom. The molecular formula is C32H34N4O4. The number of carbonyl (C=O) groups excluding carboxylic acids is 2. The van der Waals surface area contributed by atoms with E-state index >= 15 is 0 Å². The van der Waals surface area contributed by atoms with Crippen molar-refractivity contribution in [2.24, 2.45) is 0 Å². The number of H-pyrrole nitrogens is 1. The molecule has 0 aliphatic heterocycles. The third-order valence-corrected chi connectivity index (χ3v) is 7.38. The average molecular weight is 539 g/mol. The van der Waals surface area contributed by atoms with E-state index in [4.69, 9.17) is 4.74 Å². The maximum atomic E-state index is 14.3. The fraction of sp³-hybridized carbons (Fsp3) is 0.281. The van der Waals surface area contributed by atoms with Crippen molar-refractivity contribution in [2.45, 2.75) is 50.8 Å². The van der Waals surface area contributed by atoms with Gasteiger partial charge in [-0.1, -0.05) is 69.3 Å². The first-order chi connectivity index (χ1) is 19.2. The molecule has 0 fully saturated rings. The van der Waals surface area contributed by atoms with Crippen molar-refractivity contribution < 1.29 is 19.4 Å². The third kappa shape index (κ3) is 5.35. The molecule has 3 aromatic carbocycles. The molecule has 0 bridgehead atoms. The molecule has 0 saturated carbocycles. The zero-order valence-corrected chi connectivity index (χ0v) is 23.1. The SMILES string of the molecule is COc1cccc(C(C(=O)N[C@H]2c3ccccc3C[C@H]2O)N(C(=O)c2cnc[nH]2)c2ccc(C(C)(C)C)cc2)c1. The molecular weight excluding hydrogens is 504 g/mol. The van der Waals surface area contributed by atoms with Crippen molar-refractivity contribution in [2.75, 3.05) is 12.0 Å². The number of rotatable bonds is 7. The Morgan fingerprint density at radius 3 is 2.50 bits per heavy atom. The highest BCUT2D eigenvalue weighted by atomic mass is 16.5. The first kappa shape index (κ1) is 27.1. The Morgan fingerprint density at radius 2 is 1.82 bits per heavy atom. The van der Waals surface area contributed by atoms with E-state index < -0.39 is 30.0 Å². The van der Waals surface area contributed by atoms with E-state index in [0.717, 1.165) is 16.7 Å². The van der Waals surface area contributed by atoms with E-state index in [1.54, 1.807) is 31.4 Å². The molecule has 1 aliphatic carbocycles. The Bertz CT molecular complexity index is 1490. The van der Waals surface area contributed by atoms with Crippen LogP contribution in [0, 0.1) is 0 Å². The summed E-state index contributed by atoms with van der Waals surface area (Å²) in [5, 5.41) is 13.9. The van der Waals surface area contributed by atoms with Crippen LogP contribution in [0.1, 0.15) is 65.6 Å². The maximum absolute atomic E-state index is 14.3. The molecule has 0 radical (unpaired) electrons. The molecule has 206 valence electrons. The zero-order chi connectivity index (χ0) is 28.4. The number of ether oxygens (including phenoxy) is 1. The van der Waals surface area contributed by atoms with Crippen LogP contribution < -0.4 is 15.0 Å². The number of methoxy groups -OCH3 is 1. The molecule has 1 aliphatic rings. The van der Waals surface area contributed by atoms with Gasteiger partial charge in [-0.15, -0.1) is 0 Å². The van der Waals surface area contributed by atoms with Gasteiger partial charge < -0.3 is 20.1 Å². The molecule has 2 amide bonds. The highest BCUT2D eigenvalue weighted by molar-refractivity contribution is 6.09. The number of aliphatic hydroxyl groups is 1. The van der Waals surface area contributed by atoms with E-state index in [9.17, 15) is 14.7 Å². The molecule has 40 heavy (non-hydrogen) atoms. The molecule has 0 saturated heterocycles. The van der Waals surface area contributed by atoms with Crippen LogP contribution in [0.15, 0.2) is 85.3 Å². The predicted octanol–water partition coefficient (Wildman–Crippen LogP) is 4.88. The van der Waals surface area contributed by atoms with Crippen LogP contribution >= 0.6 is 0 Å². The summed E-state index contributed by atoms with van der Waals surface area (Å²) in [5.74, 6) is -0.295. The standard InChI is InChI=1S/C32H34N4O4/c1-32(2,3)22-12-14-23(15-13-22)36(31(39)26-18-33-19-34-26)29(21-9-7-10-24(16-21)40-4)30(38)35-28-25-11-6-5-8-20(25)17-27(28)37/h5-16,18-19,27-29,37H,17H2,1-4H3,(H,33,34)(H,35,38)/t27-,28+,29?/m1/s1. The van der Waals surface area contributed by atoms with Crippen LogP contribution in [0.2, 0.25) is 0 Å². The number of anilines is 1. The van der Waals surface area contributed by atoms with E-state index in [-0.39, 0.29) is 11.1 Å². The normalized spacial score (nSPS) is 17.1. The van der Waals surface area contributed by atoms with E-state index in [1.807, 2.05) is 48.5 Å². The topological polar surface area (TPSA) is 108 Å². The smallest absolute Gasteiger partial charge is 0.277 e. The van der Waals surface area contributed by atoms with Crippen molar-refractivity contribution >= 4 is 17.5 Å². The largest absolute Gasteiger partial charge is 0.497 e. The predicted molar refractivity (Wildman–Crippen MR) is 153 cm³/mol. The highest BCUT2D eigenvalue weighted by Crippen LogP contribution is 2.36. The lowest BCUT2D eigenvalue weighted by Crippen LogP contribution is -2.46. The fourth-order valence-corrected chi connectivity index (χ4v) is 5.22. The third-order valence-electron chi connectivity index (χ3n) is 7.38. The summed E-state index contributed by atoms with van der Waals surface area (Å²) in [4.78, 5) is 36.7. The monoisotopic (exact) mass is 538 g/mol. The lowest BCUT2D eigenvalue weighted by atomic mass is 9.87. The van der Waals surface area contributed by atoms with Gasteiger partial charge in [-0.2, -0.15) is 0 Å². The number of nitrogens with one attached hydrogen (secondary N) is 2. The fourth-order valence-electron chi connectivity index (χ4n) is 5.22. The van der Waals surface area contributed by atoms with Gasteiger partial charge in [0.2, 0.25) is 5.91 Å². The number of aromatic amines is 1. The van der Waals surface area contributed by atoms with Crippen LogP contribution in [0.3, 0.4) is 0 Å². The number of hydrogen-bond donors (Lipinski definition) is 3. The van der Waals surface area contributed by atoms with E-state index in [1.165, 1.54) is 17.4 Å². The number of benzene rings is 3. The number of aliphatic hydroxyl groups excluding tert-OH is 1. The van der Waals surface area contributed by atoms with E-state index in [2.05, 4.69) is 36.1 Å². The zero-order valence-electron chi connectivity index (χ0n) is 23.1. The average Bonchev–Trinajstić information content (AvgIpc) is 3.59. The summed E-state index contributed by atoms with van der Waals surface area (Å²) in [6.07, 6.45) is 2.53. The number of hydrogen-bond acceptors (Lipinski definition) is 5. The summed E-state index contributed by atoms with van der Waals surface area (Å²) >= 11 is 0. The van der Waals surface area contributed by atoms with Gasteiger partial charge in [0.05, 0.1) is 31.8 Å². The second kappa shape index (κ2) is 11.0. The van der Waals surface area contributed by atoms with Gasteiger partial charge >= 0.3 is 0 Å².